The summed E-state index contributed by atoms with van der Waals surface area (Å²) in [7, 11) is 0. The molecule has 14 heteroatoms. The molecule has 4 aliphatic rings. The van der Waals surface area contributed by atoms with Crippen LogP contribution in [-0.2, 0) is 31.5 Å². The second-order valence-electron chi connectivity index (χ2n) is 13.0. The maximum Gasteiger partial charge on any atom is 0.416 e. The van der Waals surface area contributed by atoms with Crippen molar-refractivity contribution in [3.05, 3.63) is 101 Å². The third kappa shape index (κ3) is 4.70. The molecule has 7 rings (SSSR count). The number of halogens is 7. The fourth-order valence-electron chi connectivity index (χ4n) is 8.27. The quantitative estimate of drug-likeness (QED) is 0.182. The van der Waals surface area contributed by atoms with Crippen LogP contribution in [0.25, 0.3) is 0 Å². The number of carbonyl (C=O) groups excluding carboxylic acids is 4. The zero-order valence-corrected chi connectivity index (χ0v) is 25.3. The summed E-state index contributed by atoms with van der Waals surface area (Å²) in [6.07, 6.45) is -9.31. The van der Waals surface area contributed by atoms with E-state index in [2.05, 4.69) is 0 Å². The number of nitrogens with zero attached hydrogens (tertiary/aromatic N) is 2. The van der Waals surface area contributed by atoms with Gasteiger partial charge in [-0.25, -0.2) is 14.2 Å². The maximum absolute atomic E-state index is 14.8. The summed E-state index contributed by atoms with van der Waals surface area (Å²) in [6, 6.07) is 12.1. The van der Waals surface area contributed by atoms with Crippen molar-refractivity contribution in [3.8, 4) is 5.75 Å². The van der Waals surface area contributed by atoms with Crippen LogP contribution in [0.2, 0.25) is 0 Å². The SMILES string of the molecule is C[C@@]12C(=O)N(c3ccccc3)C(=O)[C@@H]1C[C@@H]1C(=CC[C@@H]3C(=O)N(c4cc(C(F)(F)F)cc(C(F)(F)F)c4)C(=O)[C@@H]31)[C@@H]2c1cccc(F)c1O. The van der Waals surface area contributed by atoms with Crippen molar-refractivity contribution >= 4 is 35.0 Å². The molecular weight excluding hydrogens is 661 g/mol. The van der Waals surface area contributed by atoms with Crippen LogP contribution in [0.5, 0.6) is 5.75 Å². The number of imide groups is 2. The number of hydrogen-bond acceptors (Lipinski definition) is 5. The van der Waals surface area contributed by atoms with Gasteiger partial charge in [-0.2, -0.15) is 26.3 Å². The number of phenolic OH excluding ortho intramolecular Hbond substituents is 1. The average molecular weight is 687 g/mol. The van der Waals surface area contributed by atoms with E-state index >= 15 is 0 Å². The fraction of sp³-hybridized carbons (Fsp3) is 0.314. The van der Waals surface area contributed by atoms with Crippen LogP contribution in [0, 0.1) is 34.9 Å². The highest BCUT2D eigenvalue weighted by Crippen LogP contribution is 2.64. The summed E-state index contributed by atoms with van der Waals surface area (Å²) in [5.74, 6) is -11.1. The van der Waals surface area contributed by atoms with Gasteiger partial charge in [0.1, 0.15) is 0 Å². The molecule has 3 aromatic carbocycles. The van der Waals surface area contributed by atoms with E-state index in [-0.39, 0.29) is 30.2 Å². The van der Waals surface area contributed by atoms with Gasteiger partial charge in [0.2, 0.25) is 23.6 Å². The predicted molar refractivity (Wildman–Crippen MR) is 158 cm³/mol. The van der Waals surface area contributed by atoms with Gasteiger partial charge in [0.25, 0.3) is 0 Å². The molecule has 2 aliphatic carbocycles. The van der Waals surface area contributed by atoms with Crippen LogP contribution in [0.1, 0.15) is 42.4 Å². The molecule has 7 nitrogen and oxygen atoms in total. The largest absolute Gasteiger partial charge is 0.505 e. The van der Waals surface area contributed by atoms with Crippen molar-refractivity contribution in [2.24, 2.45) is 29.1 Å². The van der Waals surface area contributed by atoms with Crippen molar-refractivity contribution in [3.63, 3.8) is 0 Å². The number of carbonyl (C=O) groups is 4. The number of rotatable bonds is 3. The van der Waals surface area contributed by atoms with Crippen LogP contribution in [0.15, 0.2) is 78.4 Å². The first-order chi connectivity index (χ1) is 23.0. The highest BCUT2D eigenvalue weighted by atomic mass is 19.4. The molecule has 2 saturated heterocycles. The molecule has 1 saturated carbocycles. The van der Waals surface area contributed by atoms with Crippen molar-refractivity contribution in [1.82, 2.24) is 0 Å². The summed E-state index contributed by atoms with van der Waals surface area (Å²) >= 11 is 0. The smallest absolute Gasteiger partial charge is 0.416 e. The maximum atomic E-state index is 14.8. The molecule has 0 aromatic heterocycles. The van der Waals surface area contributed by atoms with E-state index < -0.39 is 99.4 Å². The second-order valence-corrected chi connectivity index (χ2v) is 13.0. The number of hydrogen-bond donors (Lipinski definition) is 1. The molecule has 2 heterocycles. The molecule has 0 radical (unpaired) electrons. The summed E-state index contributed by atoms with van der Waals surface area (Å²) in [6.45, 7) is 1.51. The van der Waals surface area contributed by atoms with E-state index in [0.29, 0.717) is 22.6 Å². The minimum atomic E-state index is -5.24. The van der Waals surface area contributed by atoms with Crippen molar-refractivity contribution in [2.45, 2.75) is 38.0 Å². The summed E-state index contributed by atoms with van der Waals surface area (Å²) in [5.41, 5.74) is -5.43. The van der Waals surface area contributed by atoms with Gasteiger partial charge in [-0.05, 0) is 62.1 Å². The lowest BCUT2D eigenvalue weighted by Crippen LogP contribution is -2.49. The minimum absolute atomic E-state index is 0.0562. The number of phenols is 1. The summed E-state index contributed by atoms with van der Waals surface area (Å²) in [4.78, 5) is 57.6. The molecule has 3 aromatic rings. The lowest BCUT2D eigenvalue weighted by molar-refractivity contribution is -0.143. The third-order valence-electron chi connectivity index (χ3n) is 10.4. The average Bonchev–Trinajstić information content (AvgIpc) is 3.41. The molecule has 2 aliphatic heterocycles. The highest BCUT2D eigenvalue weighted by molar-refractivity contribution is 6.25. The Morgan fingerprint density at radius 3 is 2.00 bits per heavy atom. The molecule has 0 unspecified atom stereocenters. The van der Waals surface area contributed by atoms with E-state index in [1.54, 1.807) is 24.3 Å². The molecule has 6 atom stereocenters. The molecular formula is C35H25F7N2O5. The van der Waals surface area contributed by atoms with Gasteiger partial charge in [0.15, 0.2) is 11.6 Å². The van der Waals surface area contributed by atoms with Crippen LogP contribution in [0.3, 0.4) is 0 Å². The minimum Gasteiger partial charge on any atom is -0.505 e. The van der Waals surface area contributed by atoms with Crippen molar-refractivity contribution in [1.29, 1.82) is 0 Å². The van der Waals surface area contributed by atoms with Gasteiger partial charge in [0.05, 0.1) is 45.7 Å². The Labute approximate surface area is 273 Å². The van der Waals surface area contributed by atoms with Crippen LogP contribution in [-0.4, -0.2) is 28.7 Å². The Morgan fingerprint density at radius 1 is 0.755 bits per heavy atom. The molecule has 0 bridgehead atoms. The Kier molecular flexibility index (Phi) is 7.13. The number of alkyl halides is 6. The van der Waals surface area contributed by atoms with Gasteiger partial charge in [-0.15, -0.1) is 0 Å². The Hall–Kier alpha value is -5.01. The molecule has 254 valence electrons. The predicted octanol–water partition coefficient (Wildman–Crippen LogP) is 7.00. The molecule has 49 heavy (non-hydrogen) atoms. The van der Waals surface area contributed by atoms with Gasteiger partial charge in [-0.3, -0.25) is 19.2 Å². The number of amides is 4. The number of benzene rings is 3. The summed E-state index contributed by atoms with van der Waals surface area (Å²) in [5, 5.41) is 10.9. The van der Waals surface area contributed by atoms with E-state index in [9.17, 15) is 55.0 Å². The molecule has 0 spiro atoms. The normalized spacial score (nSPS) is 28.4. The fourth-order valence-corrected chi connectivity index (χ4v) is 8.27. The number of allylic oxidation sites excluding steroid dienone is 2. The molecule has 3 fully saturated rings. The Morgan fingerprint density at radius 2 is 1.39 bits per heavy atom. The topological polar surface area (TPSA) is 95.0 Å². The van der Waals surface area contributed by atoms with Crippen LogP contribution in [0.4, 0.5) is 42.1 Å². The first-order valence-electron chi connectivity index (χ1n) is 15.2. The second kappa shape index (κ2) is 10.7. The zero-order valence-electron chi connectivity index (χ0n) is 25.3. The van der Waals surface area contributed by atoms with E-state index in [4.69, 9.17) is 0 Å². The number of para-hydroxylation sites is 2. The third-order valence-corrected chi connectivity index (χ3v) is 10.4. The first-order valence-corrected chi connectivity index (χ1v) is 15.2. The van der Waals surface area contributed by atoms with Crippen molar-refractivity contribution < 1.29 is 55.0 Å². The first kappa shape index (κ1) is 32.5. The van der Waals surface area contributed by atoms with Crippen LogP contribution < -0.4 is 9.80 Å². The molecule has 1 N–H and O–H groups in total. The Balaban J connectivity index is 1.37. The van der Waals surface area contributed by atoms with Gasteiger partial charge in [0, 0.05) is 11.5 Å². The number of aromatic hydroxyl groups is 1. The molecule has 4 amide bonds. The highest BCUT2D eigenvalue weighted by Gasteiger charge is 2.68. The standard InChI is InChI=1S/C35H25F7N2O5/c1-33-24(30(47)44(32(33)49)18-6-3-2-4-7-18)15-23-20(27(33)22-8-5-9-25(36)28(22)45)10-11-21-26(23)31(48)43(29(21)46)19-13-16(34(37,38)39)12-17(14-19)35(40,41)42/h2-10,12-14,21,23-24,26-27,45H,11,15H2,1H3/t21-,23+,24-,26-,27+,33+/m0/s1. The van der Waals surface area contributed by atoms with Gasteiger partial charge < -0.3 is 5.11 Å². The van der Waals surface area contributed by atoms with Crippen LogP contribution >= 0.6 is 0 Å². The Bertz CT molecular complexity index is 1940. The zero-order chi connectivity index (χ0) is 35.4. The lowest BCUT2D eigenvalue weighted by atomic mass is 9.51. The van der Waals surface area contributed by atoms with E-state index in [0.717, 1.165) is 11.0 Å². The number of anilines is 2. The van der Waals surface area contributed by atoms with E-state index in [1.165, 1.54) is 31.2 Å². The van der Waals surface area contributed by atoms with Crippen molar-refractivity contribution in [2.75, 3.05) is 9.80 Å². The van der Waals surface area contributed by atoms with Gasteiger partial charge in [-0.1, -0.05) is 42.0 Å². The monoisotopic (exact) mass is 686 g/mol. The lowest BCUT2D eigenvalue weighted by Gasteiger charge is -2.49. The number of fused-ring (bicyclic) bond motifs is 4. The van der Waals surface area contributed by atoms with Gasteiger partial charge >= 0.3 is 12.4 Å². The van der Waals surface area contributed by atoms with E-state index in [1.807, 2.05) is 0 Å². The summed E-state index contributed by atoms with van der Waals surface area (Å²) < 4.78 is 97.1.